The molecule has 0 fully saturated rings. The van der Waals surface area contributed by atoms with Crippen molar-refractivity contribution in [3.8, 4) is 11.5 Å². The minimum Gasteiger partial charge on any atom is -0.444 e. The highest BCUT2D eigenvalue weighted by Crippen LogP contribution is 2.17. The molecule has 0 atom stereocenters. The molecule has 30 heavy (non-hydrogen) atoms. The molecule has 158 valence electrons. The first-order valence-electron chi connectivity index (χ1n) is 10.5. The zero-order valence-electron chi connectivity index (χ0n) is 18.1. The summed E-state index contributed by atoms with van der Waals surface area (Å²) < 4.78 is 5.60. The minimum atomic E-state index is 0.539. The molecule has 6 heteroatoms. The van der Waals surface area contributed by atoms with E-state index in [1.165, 1.54) is 11.1 Å². The molecule has 0 unspecified atom stereocenters. The summed E-state index contributed by atoms with van der Waals surface area (Å²) in [7, 11) is 1.77. The number of nitrogens with zero attached hydrogens (tertiary/aromatic N) is 3. The van der Waals surface area contributed by atoms with Crippen molar-refractivity contribution in [1.82, 2.24) is 20.5 Å². The second-order valence-corrected chi connectivity index (χ2v) is 7.02. The molecule has 1 aromatic heterocycles. The largest absolute Gasteiger partial charge is 0.444 e. The van der Waals surface area contributed by atoms with Crippen molar-refractivity contribution >= 4 is 5.96 Å². The van der Waals surface area contributed by atoms with Gasteiger partial charge in [0.15, 0.2) is 5.96 Å². The van der Waals surface area contributed by atoms with Crippen molar-refractivity contribution in [2.45, 2.75) is 33.5 Å². The number of benzene rings is 2. The van der Waals surface area contributed by atoms with E-state index in [1.807, 2.05) is 30.3 Å². The fourth-order valence-corrected chi connectivity index (χ4v) is 3.25. The minimum absolute atomic E-state index is 0.539. The van der Waals surface area contributed by atoms with Gasteiger partial charge in [-0.15, -0.1) is 0 Å². The average Bonchev–Trinajstić information content (AvgIpc) is 3.28. The lowest BCUT2D eigenvalue weighted by atomic mass is 10.1. The second-order valence-electron chi connectivity index (χ2n) is 7.02. The monoisotopic (exact) mass is 405 g/mol. The van der Waals surface area contributed by atoms with Crippen LogP contribution in [0.3, 0.4) is 0 Å². The summed E-state index contributed by atoms with van der Waals surface area (Å²) in [5.41, 5.74) is 4.42. The van der Waals surface area contributed by atoms with E-state index in [4.69, 9.17) is 4.42 Å². The lowest BCUT2D eigenvalue weighted by molar-refractivity contribution is 0.295. The highest BCUT2D eigenvalue weighted by atomic mass is 16.3. The number of nitrogens with one attached hydrogen (secondary N) is 2. The molecule has 0 aliphatic heterocycles. The second kappa shape index (κ2) is 11.2. The van der Waals surface area contributed by atoms with Crippen LogP contribution in [0.4, 0.5) is 0 Å². The molecule has 0 aliphatic rings. The number of oxazole rings is 1. The SMILES string of the molecule is CCN(CC)Cc1ccccc1CNC(=NC)NCc1coc(-c2ccccc2)n1. The third-order valence-electron chi connectivity index (χ3n) is 5.09. The third-order valence-corrected chi connectivity index (χ3v) is 5.09. The Labute approximate surface area is 179 Å². The smallest absolute Gasteiger partial charge is 0.226 e. The molecule has 0 radical (unpaired) electrons. The molecular weight excluding hydrogens is 374 g/mol. The first-order valence-corrected chi connectivity index (χ1v) is 10.5. The molecule has 0 saturated carbocycles. The number of aromatic nitrogens is 1. The van der Waals surface area contributed by atoms with Gasteiger partial charge in [0.25, 0.3) is 0 Å². The fourth-order valence-electron chi connectivity index (χ4n) is 3.25. The van der Waals surface area contributed by atoms with E-state index in [9.17, 15) is 0 Å². The van der Waals surface area contributed by atoms with Crippen LogP contribution in [0, 0.1) is 0 Å². The maximum absolute atomic E-state index is 5.60. The molecule has 0 amide bonds. The molecule has 0 spiro atoms. The summed E-state index contributed by atoms with van der Waals surface area (Å²) in [6, 6.07) is 18.4. The Hall–Kier alpha value is -3.12. The zero-order valence-corrected chi connectivity index (χ0v) is 18.1. The van der Waals surface area contributed by atoms with Crippen LogP contribution in [0.2, 0.25) is 0 Å². The van der Waals surface area contributed by atoms with Crippen molar-refractivity contribution < 1.29 is 4.42 Å². The highest BCUT2D eigenvalue weighted by Gasteiger charge is 2.09. The van der Waals surface area contributed by atoms with Gasteiger partial charge in [-0.3, -0.25) is 9.89 Å². The quantitative estimate of drug-likeness (QED) is 0.415. The van der Waals surface area contributed by atoms with Crippen LogP contribution in [0.5, 0.6) is 0 Å². The van der Waals surface area contributed by atoms with E-state index in [0.717, 1.165) is 36.9 Å². The van der Waals surface area contributed by atoms with Gasteiger partial charge in [0, 0.05) is 25.7 Å². The Kier molecular flexibility index (Phi) is 8.03. The van der Waals surface area contributed by atoms with Crippen molar-refractivity contribution in [1.29, 1.82) is 0 Å². The van der Waals surface area contributed by atoms with Gasteiger partial charge in [-0.05, 0) is 36.3 Å². The van der Waals surface area contributed by atoms with Gasteiger partial charge >= 0.3 is 0 Å². The van der Waals surface area contributed by atoms with E-state index >= 15 is 0 Å². The van der Waals surface area contributed by atoms with E-state index < -0.39 is 0 Å². The third kappa shape index (κ3) is 5.94. The van der Waals surface area contributed by atoms with Crippen LogP contribution in [0.25, 0.3) is 11.5 Å². The Morgan fingerprint density at radius 1 is 0.933 bits per heavy atom. The highest BCUT2D eigenvalue weighted by molar-refractivity contribution is 5.79. The molecule has 3 aromatic rings. The standard InChI is InChI=1S/C24H31N5O/c1-4-29(5-2)17-21-14-10-9-13-20(21)15-26-24(25-3)27-16-22-18-30-23(28-22)19-11-7-6-8-12-19/h6-14,18H,4-5,15-17H2,1-3H3,(H2,25,26,27). The maximum atomic E-state index is 5.60. The number of hydrogen-bond acceptors (Lipinski definition) is 4. The van der Waals surface area contributed by atoms with Crippen LogP contribution in [-0.4, -0.2) is 36.0 Å². The molecule has 0 saturated heterocycles. The van der Waals surface area contributed by atoms with Gasteiger partial charge in [-0.1, -0.05) is 56.3 Å². The predicted molar refractivity (Wildman–Crippen MR) is 122 cm³/mol. The molecule has 0 bridgehead atoms. The predicted octanol–water partition coefficient (Wildman–Crippen LogP) is 4.05. The van der Waals surface area contributed by atoms with Crippen molar-refractivity contribution in [2.24, 2.45) is 4.99 Å². The Balaban J connectivity index is 1.55. The van der Waals surface area contributed by atoms with Gasteiger partial charge < -0.3 is 15.1 Å². The lowest BCUT2D eigenvalue weighted by Crippen LogP contribution is -2.36. The van der Waals surface area contributed by atoms with Crippen LogP contribution in [-0.2, 0) is 19.6 Å². The molecule has 1 heterocycles. The first-order chi connectivity index (χ1) is 14.7. The van der Waals surface area contributed by atoms with Gasteiger partial charge in [0.1, 0.15) is 6.26 Å². The molecule has 6 nitrogen and oxygen atoms in total. The van der Waals surface area contributed by atoms with Crippen LogP contribution < -0.4 is 10.6 Å². The average molecular weight is 406 g/mol. The number of hydrogen-bond donors (Lipinski definition) is 2. The van der Waals surface area contributed by atoms with Gasteiger partial charge in [-0.2, -0.15) is 0 Å². The van der Waals surface area contributed by atoms with E-state index in [2.05, 4.69) is 63.6 Å². The summed E-state index contributed by atoms with van der Waals surface area (Å²) in [4.78, 5) is 11.3. The van der Waals surface area contributed by atoms with Gasteiger partial charge in [-0.25, -0.2) is 4.98 Å². The fraction of sp³-hybridized carbons (Fsp3) is 0.333. The van der Waals surface area contributed by atoms with Crippen molar-refractivity contribution in [3.05, 3.63) is 77.7 Å². The van der Waals surface area contributed by atoms with E-state index in [0.29, 0.717) is 19.0 Å². The van der Waals surface area contributed by atoms with E-state index in [-0.39, 0.29) is 0 Å². The topological polar surface area (TPSA) is 65.7 Å². The molecule has 2 N–H and O–H groups in total. The first kappa shape index (κ1) is 21.6. The summed E-state index contributed by atoms with van der Waals surface area (Å²) in [6.07, 6.45) is 1.68. The Bertz CT molecular complexity index is 932. The normalized spacial score (nSPS) is 11.7. The molecule has 2 aromatic carbocycles. The van der Waals surface area contributed by atoms with E-state index in [1.54, 1.807) is 13.3 Å². The summed E-state index contributed by atoms with van der Waals surface area (Å²) in [5, 5.41) is 6.72. The van der Waals surface area contributed by atoms with Crippen LogP contribution in [0.15, 0.2) is 70.3 Å². The number of aliphatic imine (C=N–C) groups is 1. The number of guanidine groups is 1. The van der Waals surface area contributed by atoms with Crippen molar-refractivity contribution in [2.75, 3.05) is 20.1 Å². The van der Waals surface area contributed by atoms with Gasteiger partial charge in [0.05, 0.1) is 12.2 Å². The molecular formula is C24H31N5O. The molecule has 0 aliphatic carbocycles. The lowest BCUT2D eigenvalue weighted by Gasteiger charge is -2.20. The zero-order chi connectivity index (χ0) is 21.2. The Morgan fingerprint density at radius 2 is 1.60 bits per heavy atom. The maximum Gasteiger partial charge on any atom is 0.226 e. The van der Waals surface area contributed by atoms with Gasteiger partial charge in [0.2, 0.25) is 5.89 Å². The number of rotatable bonds is 9. The van der Waals surface area contributed by atoms with Crippen LogP contribution >= 0.6 is 0 Å². The molecule has 3 rings (SSSR count). The Morgan fingerprint density at radius 3 is 2.30 bits per heavy atom. The summed E-state index contributed by atoms with van der Waals surface area (Å²) in [5.74, 6) is 1.36. The van der Waals surface area contributed by atoms with Crippen LogP contribution in [0.1, 0.15) is 30.7 Å². The van der Waals surface area contributed by atoms with Crippen molar-refractivity contribution in [3.63, 3.8) is 0 Å². The summed E-state index contributed by atoms with van der Waals surface area (Å²) >= 11 is 0. The summed E-state index contributed by atoms with van der Waals surface area (Å²) in [6.45, 7) is 8.70.